The fourth-order valence-corrected chi connectivity index (χ4v) is 3.41. The first-order chi connectivity index (χ1) is 13.3. The Labute approximate surface area is 167 Å². The quantitative estimate of drug-likeness (QED) is 0.505. The van der Waals surface area contributed by atoms with Gasteiger partial charge in [0.1, 0.15) is 11.8 Å². The highest BCUT2D eigenvalue weighted by atomic mass is 35.5. The summed E-state index contributed by atoms with van der Waals surface area (Å²) in [5.74, 6) is -0.335. The fraction of sp³-hybridized carbons (Fsp3) is 0.316. The second kappa shape index (κ2) is 8.02. The average Bonchev–Trinajstić information content (AvgIpc) is 3.32. The Morgan fingerprint density at radius 1 is 1.43 bits per heavy atom. The Morgan fingerprint density at radius 3 is 2.79 bits per heavy atom. The maximum atomic E-state index is 12.5. The van der Waals surface area contributed by atoms with Gasteiger partial charge in [-0.2, -0.15) is 10.4 Å². The van der Waals surface area contributed by atoms with Crippen molar-refractivity contribution in [1.29, 1.82) is 5.26 Å². The molecule has 0 radical (unpaired) electrons. The van der Waals surface area contributed by atoms with Crippen LogP contribution in [-0.4, -0.2) is 27.3 Å². The molecule has 0 fully saturated rings. The molecule has 8 nitrogen and oxygen atoms in total. The van der Waals surface area contributed by atoms with Crippen molar-refractivity contribution in [2.75, 3.05) is 0 Å². The monoisotopic (exact) mass is 400 g/mol. The van der Waals surface area contributed by atoms with E-state index in [0.29, 0.717) is 22.7 Å². The van der Waals surface area contributed by atoms with Crippen LogP contribution in [0.5, 0.6) is 0 Å². The van der Waals surface area contributed by atoms with Crippen LogP contribution in [-0.2, 0) is 5.54 Å². The molecular formula is C19H21ClN6O2. The summed E-state index contributed by atoms with van der Waals surface area (Å²) in [4.78, 5) is 12.5. The van der Waals surface area contributed by atoms with Crippen molar-refractivity contribution in [2.45, 2.75) is 38.0 Å². The SMILES string of the molecule is CC(CC1(c2ccc(C#N)c(Cl)c2)C=CNN1)NC(=O)c1cc([C@H](C)O)[nH]n1. The molecule has 2 unspecified atom stereocenters. The van der Waals surface area contributed by atoms with Gasteiger partial charge < -0.3 is 15.8 Å². The maximum absolute atomic E-state index is 12.5. The maximum Gasteiger partial charge on any atom is 0.271 e. The largest absolute Gasteiger partial charge is 0.387 e. The van der Waals surface area contributed by atoms with Crippen LogP contribution in [0.25, 0.3) is 0 Å². The van der Waals surface area contributed by atoms with Crippen LogP contribution in [0.1, 0.15) is 53.7 Å². The number of nitrogens with one attached hydrogen (secondary N) is 4. The Kier molecular flexibility index (Phi) is 5.70. The van der Waals surface area contributed by atoms with Gasteiger partial charge in [0.2, 0.25) is 0 Å². The second-order valence-electron chi connectivity index (χ2n) is 6.84. The molecule has 28 heavy (non-hydrogen) atoms. The third kappa shape index (κ3) is 4.02. The minimum atomic E-state index is -0.727. The van der Waals surface area contributed by atoms with Gasteiger partial charge >= 0.3 is 0 Å². The number of halogens is 1. The molecule has 3 atom stereocenters. The number of aliphatic hydroxyl groups is 1. The minimum absolute atomic E-state index is 0.214. The van der Waals surface area contributed by atoms with Crippen molar-refractivity contribution in [3.63, 3.8) is 0 Å². The van der Waals surface area contributed by atoms with E-state index in [1.165, 1.54) is 6.07 Å². The van der Waals surface area contributed by atoms with Crippen LogP contribution in [0.4, 0.5) is 0 Å². The molecule has 2 heterocycles. The summed E-state index contributed by atoms with van der Waals surface area (Å²) >= 11 is 6.20. The van der Waals surface area contributed by atoms with Gasteiger partial charge in [0.15, 0.2) is 0 Å². The molecule has 9 heteroatoms. The zero-order valence-electron chi connectivity index (χ0n) is 15.5. The van der Waals surface area contributed by atoms with Crippen molar-refractivity contribution < 1.29 is 9.90 Å². The van der Waals surface area contributed by atoms with E-state index in [1.54, 1.807) is 25.3 Å². The van der Waals surface area contributed by atoms with Crippen molar-refractivity contribution in [3.05, 3.63) is 64.1 Å². The van der Waals surface area contributed by atoms with Crippen LogP contribution in [0.2, 0.25) is 5.02 Å². The van der Waals surface area contributed by atoms with Crippen LogP contribution in [0.15, 0.2) is 36.5 Å². The number of hydrogen-bond acceptors (Lipinski definition) is 6. The molecule has 0 bridgehead atoms. The first-order valence-corrected chi connectivity index (χ1v) is 9.17. The van der Waals surface area contributed by atoms with E-state index >= 15 is 0 Å². The van der Waals surface area contributed by atoms with E-state index in [4.69, 9.17) is 16.9 Å². The number of aromatic amines is 1. The van der Waals surface area contributed by atoms with Gasteiger partial charge in [-0.25, -0.2) is 5.43 Å². The highest BCUT2D eigenvalue weighted by Gasteiger charge is 2.34. The number of hydrazine groups is 1. The third-order valence-corrected chi connectivity index (χ3v) is 4.95. The normalized spacial score (nSPS) is 20.2. The predicted octanol–water partition coefficient (Wildman–Crippen LogP) is 2.01. The van der Waals surface area contributed by atoms with Crippen molar-refractivity contribution in [2.24, 2.45) is 0 Å². The van der Waals surface area contributed by atoms with Gasteiger partial charge in [-0.3, -0.25) is 9.89 Å². The Balaban J connectivity index is 1.75. The molecule has 1 aromatic heterocycles. The molecule has 1 aliphatic rings. The summed E-state index contributed by atoms with van der Waals surface area (Å²) in [6.45, 7) is 3.48. The Morgan fingerprint density at radius 2 is 2.21 bits per heavy atom. The lowest BCUT2D eigenvalue weighted by atomic mass is 9.84. The Hall–Kier alpha value is -2.86. The van der Waals surface area contributed by atoms with Gasteiger partial charge in [0.25, 0.3) is 5.91 Å². The first kappa shape index (κ1) is 19.9. The number of nitrogens with zero attached hydrogens (tertiary/aromatic N) is 2. The summed E-state index contributed by atoms with van der Waals surface area (Å²) in [5, 5.41) is 28.5. The molecule has 0 spiro atoms. The van der Waals surface area contributed by atoms with E-state index < -0.39 is 11.6 Å². The average molecular weight is 401 g/mol. The molecule has 1 amide bonds. The van der Waals surface area contributed by atoms with Crippen molar-refractivity contribution in [1.82, 2.24) is 26.4 Å². The van der Waals surface area contributed by atoms with Crippen molar-refractivity contribution in [3.8, 4) is 6.07 Å². The molecule has 1 aromatic carbocycles. The number of H-pyrrole nitrogens is 1. The standard InChI is InChI=1S/C19H21ClN6O2/c1-11(23-18(28)17-8-16(12(2)27)24-25-17)9-19(5-6-22-26-19)14-4-3-13(10-21)15(20)7-14/h3-8,11-12,22,26-27H,9H2,1-2H3,(H,23,28)(H,24,25)/t11?,12-,19?/m0/s1. The summed E-state index contributed by atoms with van der Waals surface area (Å²) < 4.78 is 0. The van der Waals surface area contributed by atoms with Crippen LogP contribution in [0, 0.1) is 11.3 Å². The third-order valence-electron chi connectivity index (χ3n) is 4.64. The molecule has 146 valence electrons. The van der Waals surface area contributed by atoms with E-state index in [2.05, 4.69) is 26.4 Å². The van der Waals surface area contributed by atoms with Crippen LogP contribution < -0.4 is 16.2 Å². The van der Waals surface area contributed by atoms with E-state index in [1.807, 2.05) is 25.1 Å². The molecule has 1 aliphatic heterocycles. The first-order valence-electron chi connectivity index (χ1n) is 8.79. The van der Waals surface area contributed by atoms with E-state index in [9.17, 15) is 9.90 Å². The number of carbonyl (C=O) groups is 1. The fourth-order valence-electron chi connectivity index (χ4n) is 3.18. The molecule has 2 aromatic rings. The molecule has 5 N–H and O–H groups in total. The zero-order chi connectivity index (χ0) is 20.3. The number of hydrogen-bond donors (Lipinski definition) is 5. The summed E-state index contributed by atoms with van der Waals surface area (Å²) in [7, 11) is 0. The molecule has 0 saturated heterocycles. The predicted molar refractivity (Wildman–Crippen MR) is 104 cm³/mol. The lowest BCUT2D eigenvalue weighted by Crippen LogP contribution is -2.47. The highest BCUT2D eigenvalue weighted by Crippen LogP contribution is 2.32. The molecule has 3 rings (SSSR count). The molecule has 0 aliphatic carbocycles. The lowest BCUT2D eigenvalue weighted by Gasteiger charge is -2.31. The number of aliphatic hydroxyl groups excluding tert-OH is 1. The lowest BCUT2D eigenvalue weighted by molar-refractivity contribution is 0.0928. The summed E-state index contributed by atoms with van der Waals surface area (Å²) in [6.07, 6.45) is 3.53. The summed E-state index contributed by atoms with van der Waals surface area (Å²) in [6, 6.07) is 8.63. The van der Waals surface area contributed by atoms with Crippen LogP contribution in [0.3, 0.4) is 0 Å². The van der Waals surface area contributed by atoms with Gasteiger partial charge in [0.05, 0.1) is 27.9 Å². The van der Waals surface area contributed by atoms with Gasteiger partial charge in [-0.1, -0.05) is 17.7 Å². The van der Waals surface area contributed by atoms with E-state index in [0.717, 1.165) is 5.56 Å². The number of nitriles is 1. The van der Waals surface area contributed by atoms with E-state index in [-0.39, 0.29) is 17.6 Å². The molecule has 0 saturated carbocycles. The highest BCUT2D eigenvalue weighted by molar-refractivity contribution is 6.31. The summed E-state index contributed by atoms with van der Waals surface area (Å²) in [5.41, 5.74) is 7.55. The number of carbonyl (C=O) groups excluding carboxylic acids is 1. The number of benzene rings is 1. The Bertz CT molecular complexity index is 948. The zero-order valence-corrected chi connectivity index (χ0v) is 16.2. The molecular weight excluding hydrogens is 380 g/mol. The number of amides is 1. The van der Waals surface area contributed by atoms with Gasteiger partial charge in [-0.05, 0) is 50.1 Å². The number of aromatic nitrogens is 2. The smallest absolute Gasteiger partial charge is 0.271 e. The number of rotatable bonds is 6. The van der Waals surface area contributed by atoms with Crippen LogP contribution >= 0.6 is 11.6 Å². The van der Waals surface area contributed by atoms with Crippen molar-refractivity contribution >= 4 is 17.5 Å². The topological polar surface area (TPSA) is 126 Å². The second-order valence-corrected chi connectivity index (χ2v) is 7.25. The van der Waals surface area contributed by atoms with Gasteiger partial charge in [0, 0.05) is 12.2 Å². The van der Waals surface area contributed by atoms with Gasteiger partial charge in [-0.15, -0.1) is 0 Å². The minimum Gasteiger partial charge on any atom is -0.387 e.